The van der Waals surface area contributed by atoms with E-state index in [-0.39, 0.29) is 5.91 Å². The van der Waals surface area contributed by atoms with Crippen molar-refractivity contribution in [1.29, 1.82) is 0 Å². The second-order valence-electron chi connectivity index (χ2n) is 3.97. The molecule has 1 rings (SSSR count). The Morgan fingerprint density at radius 2 is 1.94 bits per heavy atom. The Morgan fingerprint density at radius 1 is 1.25 bits per heavy atom. The molecule has 0 fully saturated rings. The lowest BCUT2D eigenvalue weighted by Gasteiger charge is -2.05. The Balaban J connectivity index is 2.16. The molecule has 3 nitrogen and oxygen atoms in total. The smallest absolute Gasteiger partial charge is 0.233 e. The number of hydrogen-bond donors (Lipinski definition) is 2. The predicted octanol–water partition coefficient (Wildman–Crippen LogP) is 1.26. The number of carbonyl (C=O) groups excluding carboxylic acids is 1. The van der Waals surface area contributed by atoms with Gasteiger partial charge >= 0.3 is 0 Å². The van der Waals surface area contributed by atoms with Gasteiger partial charge in [0.05, 0.1) is 6.54 Å². The van der Waals surface area contributed by atoms with Crippen molar-refractivity contribution in [2.45, 2.75) is 19.8 Å². The molecule has 1 aromatic carbocycles. The van der Waals surface area contributed by atoms with Gasteiger partial charge in [0.15, 0.2) is 0 Å². The Bertz CT molecular complexity index is 319. The van der Waals surface area contributed by atoms with Gasteiger partial charge in [-0.25, -0.2) is 0 Å². The molecule has 0 aliphatic rings. The van der Waals surface area contributed by atoms with E-state index in [4.69, 9.17) is 0 Å². The van der Waals surface area contributed by atoms with Crippen LogP contribution < -0.4 is 10.6 Å². The first-order valence-corrected chi connectivity index (χ1v) is 5.69. The van der Waals surface area contributed by atoms with Gasteiger partial charge in [0, 0.05) is 6.54 Å². The number of hydrogen-bond acceptors (Lipinski definition) is 2. The molecule has 2 N–H and O–H groups in total. The minimum absolute atomic E-state index is 0.0615. The van der Waals surface area contributed by atoms with Crippen molar-refractivity contribution in [3.05, 3.63) is 35.4 Å². The molecule has 0 spiro atoms. The van der Waals surface area contributed by atoms with Crippen molar-refractivity contribution in [3.63, 3.8) is 0 Å². The summed E-state index contributed by atoms with van der Waals surface area (Å²) in [6, 6.07) is 8.53. The lowest BCUT2D eigenvalue weighted by atomic mass is 10.1. The zero-order chi connectivity index (χ0) is 11.8. The van der Waals surface area contributed by atoms with E-state index in [0.29, 0.717) is 6.54 Å². The molecular weight excluding hydrogens is 200 g/mol. The predicted molar refractivity (Wildman–Crippen MR) is 66.4 cm³/mol. The zero-order valence-electron chi connectivity index (χ0n) is 10.0. The summed E-state index contributed by atoms with van der Waals surface area (Å²) < 4.78 is 0. The van der Waals surface area contributed by atoms with Crippen LogP contribution in [0.2, 0.25) is 0 Å². The molecule has 88 valence electrons. The van der Waals surface area contributed by atoms with Crippen molar-refractivity contribution in [3.8, 4) is 0 Å². The average Bonchev–Trinajstić information content (AvgIpc) is 2.27. The van der Waals surface area contributed by atoms with Gasteiger partial charge in [-0.3, -0.25) is 4.79 Å². The third-order valence-corrected chi connectivity index (χ3v) is 2.42. The summed E-state index contributed by atoms with van der Waals surface area (Å²) >= 11 is 0. The van der Waals surface area contributed by atoms with Crippen LogP contribution in [0.15, 0.2) is 24.3 Å². The lowest BCUT2D eigenvalue weighted by Crippen LogP contribution is -2.32. The molecule has 0 heterocycles. The summed E-state index contributed by atoms with van der Waals surface area (Å²) in [5, 5.41) is 5.68. The number of carbonyl (C=O) groups is 1. The molecular formula is C13H20N2O. The second kappa shape index (κ2) is 7.01. The van der Waals surface area contributed by atoms with E-state index in [0.717, 1.165) is 19.4 Å². The van der Waals surface area contributed by atoms with Crippen LogP contribution in [0.3, 0.4) is 0 Å². The quantitative estimate of drug-likeness (QED) is 0.709. The maximum Gasteiger partial charge on any atom is 0.233 e. The molecule has 0 aliphatic heterocycles. The molecule has 1 amide bonds. The number of amides is 1. The first-order valence-electron chi connectivity index (χ1n) is 5.69. The second-order valence-corrected chi connectivity index (χ2v) is 3.97. The van der Waals surface area contributed by atoms with Crippen LogP contribution in [-0.4, -0.2) is 26.0 Å². The van der Waals surface area contributed by atoms with Crippen molar-refractivity contribution in [1.82, 2.24) is 10.6 Å². The minimum atomic E-state index is 0.0615. The van der Waals surface area contributed by atoms with Crippen LogP contribution in [-0.2, 0) is 11.2 Å². The van der Waals surface area contributed by atoms with Crippen LogP contribution >= 0.6 is 0 Å². The summed E-state index contributed by atoms with van der Waals surface area (Å²) in [7, 11) is 1.77. The number of likely N-dealkylation sites (N-methyl/N-ethyl adjacent to an activating group) is 1. The van der Waals surface area contributed by atoms with Crippen molar-refractivity contribution >= 4 is 5.91 Å². The van der Waals surface area contributed by atoms with E-state index in [1.54, 1.807) is 7.05 Å². The highest BCUT2D eigenvalue weighted by molar-refractivity contribution is 5.77. The monoisotopic (exact) mass is 220 g/mol. The Labute approximate surface area is 97.2 Å². The van der Waals surface area contributed by atoms with E-state index >= 15 is 0 Å². The fourth-order valence-electron chi connectivity index (χ4n) is 1.50. The van der Waals surface area contributed by atoms with Crippen LogP contribution in [0.4, 0.5) is 0 Å². The fraction of sp³-hybridized carbons (Fsp3) is 0.462. The largest absolute Gasteiger partial charge is 0.355 e. The van der Waals surface area contributed by atoms with Gasteiger partial charge in [-0.2, -0.15) is 0 Å². The normalized spacial score (nSPS) is 10.1. The van der Waals surface area contributed by atoms with Crippen LogP contribution in [0.5, 0.6) is 0 Å². The van der Waals surface area contributed by atoms with Crippen LogP contribution in [0.1, 0.15) is 17.5 Å². The Hall–Kier alpha value is -1.35. The van der Waals surface area contributed by atoms with Gasteiger partial charge in [-0.15, -0.1) is 0 Å². The standard InChI is InChI=1S/C13H20N2O/c1-11-5-7-12(8-6-11)4-3-9-15-13(16)10-14-2/h5-8,14H,3-4,9-10H2,1-2H3,(H,15,16). The van der Waals surface area contributed by atoms with Crippen molar-refractivity contribution in [2.24, 2.45) is 0 Å². The molecule has 0 saturated heterocycles. The molecule has 0 saturated carbocycles. The van der Waals surface area contributed by atoms with Crippen molar-refractivity contribution in [2.75, 3.05) is 20.1 Å². The van der Waals surface area contributed by atoms with E-state index in [9.17, 15) is 4.79 Å². The maximum atomic E-state index is 11.1. The molecule has 16 heavy (non-hydrogen) atoms. The summed E-state index contributed by atoms with van der Waals surface area (Å²) in [6.07, 6.45) is 2.00. The maximum absolute atomic E-state index is 11.1. The van der Waals surface area contributed by atoms with Gasteiger partial charge in [0.1, 0.15) is 0 Å². The first-order chi connectivity index (χ1) is 7.72. The molecule has 0 unspecified atom stereocenters. The average molecular weight is 220 g/mol. The molecule has 0 radical (unpaired) electrons. The number of nitrogens with one attached hydrogen (secondary N) is 2. The minimum Gasteiger partial charge on any atom is -0.355 e. The number of aryl methyl sites for hydroxylation is 2. The number of benzene rings is 1. The van der Waals surface area contributed by atoms with Crippen LogP contribution in [0.25, 0.3) is 0 Å². The molecule has 0 bridgehead atoms. The Kier molecular flexibility index (Phi) is 5.57. The van der Waals surface area contributed by atoms with Crippen LogP contribution in [0, 0.1) is 6.92 Å². The first kappa shape index (κ1) is 12.7. The summed E-state index contributed by atoms with van der Waals surface area (Å²) in [5.74, 6) is 0.0615. The topological polar surface area (TPSA) is 41.1 Å². The highest BCUT2D eigenvalue weighted by Crippen LogP contribution is 2.05. The third kappa shape index (κ3) is 4.94. The third-order valence-electron chi connectivity index (χ3n) is 2.42. The van der Waals surface area contributed by atoms with Gasteiger partial charge in [-0.05, 0) is 32.4 Å². The van der Waals surface area contributed by atoms with Gasteiger partial charge in [0.2, 0.25) is 5.91 Å². The van der Waals surface area contributed by atoms with Gasteiger partial charge in [0.25, 0.3) is 0 Å². The molecule has 3 heteroatoms. The van der Waals surface area contributed by atoms with Crippen molar-refractivity contribution < 1.29 is 4.79 Å². The fourth-order valence-corrected chi connectivity index (χ4v) is 1.50. The number of rotatable bonds is 6. The molecule has 1 aromatic rings. The molecule has 0 aromatic heterocycles. The molecule has 0 aliphatic carbocycles. The highest BCUT2D eigenvalue weighted by atomic mass is 16.1. The van der Waals surface area contributed by atoms with Gasteiger partial charge < -0.3 is 10.6 Å². The van der Waals surface area contributed by atoms with Gasteiger partial charge in [-0.1, -0.05) is 29.8 Å². The van der Waals surface area contributed by atoms with E-state index < -0.39 is 0 Å². The van der Waals surface area contributed by atoms with E-state index in [2.05, 4.69) is 41.8 Å². The lowest BCUT2D eigenvalue weighted by molar-refractivity contribution is -0.120. The summed E-state index contributed by atoms with van der Waals surface area (Å²) in [5.41, 5.74) is 2.61. The zero-order valence-corrected chi connectivity index (χ0v) is 10.0. The summed E-state index contributed by atoms with van der Waals surface area (Å²) in [4.78, 5) is 11.1. The summed E-state index contributed by atoms with van der Waals surface area (Å²) in [6.45, 7) is 3.22. The SMILES string of the molecule is CNCC(=O)NCCCc1ccc(C)cc1. The molecule has 0 atom stereocenters. The highest BCUT2D eigenvalue weighted by Gasteiger charge is 1.97. The van der Waals surface area contributed by atoms with E-state index in [1.165, 1.54) is 11.1 Å². The van der Waals surface area contributed by atoms with E-state index in [1.807, 2.05) is 0 Å². The Morgan fingerprint density at radius 3 is 2.56 bits per heavy atom.